The van der Waals surface area contributed by atoms with Crippen LogP contribution in [0.15, 0.2) is 4.79 Å². The third-order valence-electron chi connectivity index (χ3n) is 3.59. The molecule has 5 nitrogen and oxygen atoms in total. The number of aryl methyl sites for hydroxylation is 2. The van der Waals surface area contributed by atoms with Crippen molar-refractivity contribution < 1.29 is 0 Å². The van der Waals surface area contributed by atoms with Gasteiger partial charge in [-0.05, 0) is 38.6 Å². The number of rotatable bonds is 5. The third-order valence-corrected chi connectivity index (χ3v) is 3.59. The van der Waals surface area contributed by atoms with Crippen LogP contribution in [0.2, 0.25) is 0 Å². The van der Waals surface area contributed by atoms with E-state index in [0.717, 1.165) is 50.8 Å². The molecule has 1 aromatic heterocycles. The molecular formula is C12H20N4O. The van der Waals surface area contributed by atoms with E-state index < -0.39 is 0 Å². The number of fused-ring (bicyclic) bond motifs is 1. The Hall–Kier alpha value is -1.10. The van der Waals surface area contributed by atoms with Crippen LogP contribution in [0.3, 0.4) is 0 Å². The fourth-order valence-electron chi connectivity index (χ4n) is 2.42. The van der Waals surface area contributed by atoms with Gasteiger partial charge < -0.3 is 5.32 Å². The monoisotopic (exact) mass is 236 g/mol. The third kappa shape index (κ3) is 2.44. The quantitative estimate of drug-likeness (QED) is 0.758. The molecule has 1 aliphatic carbocycles. The van der Waals surface area contributed by atoms with Gasteiger partial charge in [0, 0.05) is 25.6 Å². The maximum absolute atomic E-state index is 12.0. The second-order valence-corrected chi connectivity index (χ2v) is 5.11. The Balaban J connectivity index is 1.58. The molecule has 0 saturated heterocycles. The Morgan fingerprint density at radius 2 is 2.24 bits per heavy atom. The van der Waals surface area contributed by atoms with Crippen molar-refractivity contribution in [2.45, 2.75) is 57.7 Å². The van der Waals surface area contributed by atoms with Gasteiger partial charge in [-0.3, -0.25) is 4.57 Å². The van der Waals surface area contributed by atoms with E-state index in [0.29, 0.717) is 0 Å². The van der Waals surface area contributed by atoms with Gasteiger partial charge in [0.25, 0.3) is 0 Å². The molecule has 0 unspecified atom stereocenters. The predicted octanol–water partition coefficient (Wildman–Crippen LogP) is 0.523. The minimum absolute atomic E-state index is 0.0890. The summed E-state index contributed by atoms with van der Waals surface area (Å²) in [6, 6.07) is 0.752. The molecule has 0 radical (unpaired) electrons. The van der Waals surface area contributed by atoms with Crippen molar-refractivity contribution in [2.24, 2.45) is 0 Å². The van der Waals surface area contributed by atoms with E-state index >= 15 is 0 Å². The van der Waals surface area contributed by atoms with Gasteiger partial charge in [-0.1, -0.05) is 0 Å². The number of nitrogens with zero attached hydrogens (tertiary/aromatic N) is 3. The van der Waals surface area contributed by atoms with Crippen LogP contribution in [-0.4, -0.2) is 26.9 Å². The normalized spacial score (nSPS) is 19.3. The second-order valence-electron chi connectivity index (χ2n) is 5.11. The maximum atomic E-state index is 12.0. The zero-order chi connectivity index (χ0) is 11.7. The van der Waals surface area contributed by atoms with Crippen LogP contribution >= 0.6 is 0 Å². The summed E-state index contributed by atoms with van der Waals surface area (Å²) in [7, 11) is 0. The molecule has 1 N–H and O–H groups in total. The summed E-state index contributed by atoms with van der Waals surface area (Å²) in [5, 5.41) is 7.88. The Labute approximate surface area is 101 Å². The summed E-state index contributed by atoms with van der Waals surface area (Å²) < 4.78 is 3.49. The van der Waals surface area contributed by atoms with Crippen LogP contribution in [-0.2, 0) is 19.5 Å². The highest BCUT2D eigenvalue weighted by Crippen LogP contribution is 2.18. The molecule has 2 heterocycles. The molecule has 1 fully saturated rings. The SMILES string of the molecule is O=c1n(CCCNC2CC2)nc2n1CCCC2. The van der Waals surface area contributed by atoms with Crippen LogP contribution in [0.25, 0.3) is 0 Å². The highest BCUT2D eigenvalue weighted by atomic mass is 16.2. The van der Waals surface area contributed by atoms with E-state index in [9.17, 15) is 4.79 Å². The lowest BCUT2D eigenvalue weighted by Crippen LogP contribution is -2.28. The Morgan fingerprint density at radius 1 is 1.35 bits per heavy atom. The minimum Gasteiger partial charge on any atom is -0.314 e. The van der Waals surface area contributed by atoms with E-state index in [1.54, 1.807) is 4.68 Å². The van der Waals surface area contributed by atoms with Gasteiger partial charge in [-0.2, -0.15) is 5.10 Å². The summed E-state index contributed by atoms with van der Waals surface area (Å²) >= 11 is 0. The van der Waals surface area contributed by atoms with Crippen LogP contribution in [0.4, 0.5) is 0 Å². The molecule has 2 aliphatic rings. The first-order valence-corrected chi connectivity index (χ1v) is 6.74. The summed E-state index contributed by atoms with van der Waals surface area (Å²) in [6.07, 6.45) is 6.87. The molecule has 0 atom stereocenters. The predicted molar refractivity (Wildman–Crippen MR) is 65.1 cm³/mol. The van der Waals surface area contributed by atoms with Gasteiger partial charge in [0.2, 0.25) is 0 Å². The molecule has 3 rings (SSSR count). The van der Waals surface area contributed by atoms with Crippen molar-refractivity contribution in [3.63, 3.8) is 0 Å². The average Bonchev–Trinajstić information content (AvgIpc) is 3.12. The zero-order valence-corrected chi connectivity index (χ0v) is 10.2. The zero-order valence-electron chi connectivity index (χ0n) is 10.2. The molecule has 94 valence electrons. The molecule has 0 aromatic carbocycles. The first kappa shape index (κ1) is 11.0. The summed E-state index contributed by atoms with van der Waals surface area (Å²) in [5.74, 6) is 0.983. The van der Waals surface area contributed by atoms with Gasteiger partial charge in [-0.25, -0.2) is 9.48 Å². The van der Waals surface area contributed by atoms with Crippen molar-refractivity contribution >= 4 is 0 Å². The standard InChI is InChI=1S/C12H20N4O/c17-12-15-8-2-1-4-11(15)14-16(12)9-3-7-13-10-5-6-10/h10,13H,1-9H2. The van der Waals surface area contributed by atoms with E-state index in [4.69, 9.17) is 0 Å². The highest BCUT2D eigenvalue weighted by molar-refractivity contribution is 4.91. The van der Waals surface area contributed by atoms with Gasteiger partial charge in [-0.15, -0.1) is 0 Å². The second kappa shape index (κ2) is 4.64. The van der Waals surface area contributed by atoms with Crippen LogP contribution in [0.1, 0.15) is 37.9 Å². The van der Waals surface area contributed by atoms with Crippen LogP contribution in [0, 0.1) is 0 Å². The topological polar surface area (TPSA) is 51.9 Å². The largest absolute Gasteiger partial charge is 0.345 e. The number of hydrogen-bond donors (Lipinski definition) is 1. The average molecular weight is 236 g/mol. The summed E-state index contributed by atoms with van der Waals surface area (Å²) in [4.78, 5) is 12.0. The lowest BCUT2D eigenvalue weighted by molar-refractivity contribution is 0.506. The minimum atomic E-state index is 0.0890. The van der Waals surface area contributed by atoms with E-state index in [1.807, 2.05) is 4.57 Å². The Morgan fingerprint density at radius 3 is 3.00 bits per heavy atom. The summed E-state index contributed by atoms with van der Waals surface area (Å²) in [5.41, 5.74) is 0.0890. The van der Waals surface area contributed by atoms with Crippen molar-refractivity contribution in [3.05, 3.63) is 16.3 Å². The fraction of sp³-hybridized carbons (Fsp3) is 0.833. The van der Waals surface area contributed by atoms with Crippen LogP contribution in [0.5, 0.6) is 0 Å². The molecule has 0 amide bonds. The summed E-state index contributed by atoms with van der Waals surface area (Å²) in [6.45, 7) is 2.60. The van der Waals surface area contributed by atoms with E-state index in [2.05, 4.69) is 10.4 Å². The smallest absolute Gasteiger partial charge is 0.314 e. The van der Waals surface area contributed by atoms with Gasteiger partial charge in [0.05, 0.1) is 0 Å². The molecule has 1 saturated carbocycles. The number of hydrogen-bond acceptors (Lipinski definition) is 3. The van der Waals surface area contributed by atoms with Gasteiger partial charge in [0.15, 0.2) is 0 Å². The fourth-order valence-corrected chi connectivity index (χ4v) is 2.42. The van der Waals surface area contributed by atoms with Crippen molar-refractivity contribution in [3.8, 4) is 0 Å². The van der Waals surface area contributed by atoms with E-state index in [1.165, 1.54) is 19.3 Å². The van der Waals surface area contributed by atoms with Crippen molar-refractivity contribution in [2.75, 3.05) is 6.54 Å². The van der Waals surface area contributed by atoms with Gasteiger partial charge >= 0.3 is 5.69 Å². The maximum Gasteiger partial charge on any atom is 0.345 e. The highest BCUT2D eigenvalue weighted by Gasteiger charge is 2.20. The molecule has 1 aromatic rings. The van der Waals surface area contributed by atoms with Crippen molar-refractivity contribution in [1.82, 2.24) is 19.7 Å². The van der Waals surface area contributed by atoms with Gasteiger partial charge in [0.1, 0.15) is 5.82 Å². The number of nitrogens with one attached hydrogen (secondary N) is 1. The molecular weight excluding hydrogens is 216 g/mol. The molecule has 5 heteroatoms. The molecule has 1 aliphatic heterocycles. The lowest BCUT2D eigenvalue weighted by Gasteiger charge is -2.09. The number of aromatic nitrogens is 3. The Kier molecular flexibility index (Phi) is 3.01. The first-order chi connectivity index (χ1) is 8.34. The Bertz CT molecular complexity index is 444. The van der Waals surface area contributed by atoms with E-state index in [-0.39, 0.29) is 5.69 Å². The van der Waals surface area contributed by atoms with Crippen LogP contribution < -0.4 is 11.0 Å². The van der Waals surface area contributed by atoms with Crippen molar-refractivity contribution in [1.29, 1.82) is 0 Å². The molecule has 0 bridgehead atoms. The molecule has 0 spiro atoms. The molecule has 17 heavy (non-hydrogen) atoms. The first-order valence-electron chi connectivity index (χ1n) is 6.74. The lowest BCUT2D eigenvalue weighted by atomic mass is 10.2.